The molecule has 0 aliphatic carbocycles. The molecule has 0 spiro atoms. The molecule has 3 N–H and O–H groups in total. The first kappa shape index (κ1) is 15.5. The molecule has 1 rings (SSSR count). The van der Waals surface area contributed by atoms with E-state index in [0.717, 1.165) is 43.6 Å². The van der Waals surface area contributed by atoms with Gasteiger partial charge in [0.05, 0.1) is 0 Å². The number of rotatable bonds is 8. The number of carbonyl (C=O) groups excluding carboxylic acids is 1. The number of carbonyl (C=O) groups is 1. The van der Waals surface area contributed by atoms with Crippen LogP contribution in [0.2, 0.25) is 0 Å². The Morgan fingerprint density at radius 1 is 1.21 bits per heavy atom. The third-order valence-electron chi connectivity index (χ3n) is 3.00. The van der Waals surface area contributed by atoms with Crippen molar-refractivity contribution in [1.29, 1.82) is 0 Å². The van der Waals surface area contributed by atoms with E-state index in [-0.39, 0.29) is 5.91 Å². The fourth-order valence-electron chi connectivity index (χ4n) is 1.87. The molecular weight excluding hydrogens is 238 g/mol. The van der Waals surface area contributed by atoms with Crippen molar-refractivity contribution in [3.05, 3.63) is 24.3 Å². The Labute approximate surface area is 116 Å². The maximum atomic E-state index is 11.8. The average Bonchev–Trinajstić information content (AvgIpc) is 2.38. The SMILES string of the molecule is CN(C)c1cccc(NC(=O)CCCCCCN)c1. The van der Waals surface area contributed by atoms with Gasteiger partial charge in [-0.1, -0.05) is 18.9 Å². The highest BCUT2D eigenvalue weighted by Gasteiger charge is 2.03. The van der Waals surface area contributed by atoms with Gasteiger partial charge in [0.1, 0.15) is 0 Å². The fourth-order valence-corrected chi connectivity index (χ4v) is 1.87. The molecule has 106 valence electrons. The molecule has 4 heteroatoms. The lowest BCUT2D eigenvalue weighted by atomic mass is 10.1. The molecular formula is C15H25N3O. The van der Waals surface area contributed by atoms with Gasteiger partial charge in [-0.3, -0.25) is 4.79 Å². The molecule has 4 nitrogen and oxygen atoms in total. The van der Waals surface area contributed by atoms with E-state index in [1.54, 1.807) is 0 Å². The van der Waals surface area contributed by atoms with E-state index in [9.17, 15) is 4.79 Å². The number of hydrogen-bond donors (Lipinski definition) is 2. The Morgan fingerprint density at radius 3 is 2.63 bits per heavy atom. The predicted octanol–water partition coefficient (Wildman–Crippen LogP) is 2.60. The lowest BCUT2D eigenvalue weighted by Gasteiger charge is -2.14. The Kier molecular flexibility index (Phi) is 6.97. The van der Waals surface area contributed by atoms with E-state index in [2.05, 4.69) is 5.32 Å². The van der Waals surface area contributed by atoms with Crippen LogP contribution in [-0.4, -0.2) is 26.5 Å². The van der Waals surface area contributed by atoms with Crippen molar-refractivity contribution in [2.24, 2.45) is 5.73 Å². The molecule has 1 aromatic rings. The number of amides is 1. The second kappa shape index (κ2) is 8.53. The molecule has 0 fully saturated rings. The van der Waals surface area contributed by atoms with Crippen LogP contribution in [0.3, 0.4) is 0 Å². The van der Waals surface area contributed by atoms with Gasteiger partial charge in [-0.25, -0.2) is 0 Å². The third-order valence-corrected chi connectivity index (χ3v) is 3.00. The van der Waals surface area contributed by atoms with Crippen molar-refractivity contribution < 1.29 is 4.79 Å². The second-order valence-corrected chi connectivity index (χ2v) is 4.95. The van der Waals surface area contributed by atoms with Gasteiger partial charge in [0.25, 0.3) is 0 Å². The molecule has 0 saturated carbocycles. The largest absolute Gasteiger partial charge is 0.378 e. The molecule has 1 amide bonds. The van der Waals surface area contributed by atoms with Crippen LogP contribution in [0.5, 0.6) is 0 Å². The van der Waals surface area contributed by atoms with Crippen LogP contribution >= 0.6 is 0 Å². The van der Waals surface area contributed by atoms with Crippen molar-refractivity contribution in [2.75, 3.05) is 30.9 Å². The summed E-state index contributed by atoms with van der Waals surface area (Å²) >= 11 is 0. The van der Waals surface area contributed by atoms with E-state index in [1.165, 1.54) is 0 Å². The van der Waals surface area contributed by atoms with Crippen LogP contribution in [0.4, 0.5) is 11.4 Å². The van der Waals surface area contributed by atoms with Gasteiger partial charge in [0.15, 0.2) is 0 Å². The predicted molar refractivity (Wildman–Crippen MR) is 81.5 cm³/mol. The molecule has 0 bridgehead atoms. The summed E-state index contributed by atoms with van der Waals surface area (Å²) in [4.78, 5) is 13.8. The molecule has 19 heavy (non-hydrogen) atoms. The topological polar surface area (TPSA) is 58.4 Å². The summed E-state index contributed by atoms with van der Waals surface area (Å²) in [6.07, 6.45) is 4.74. The summed E-state index contributed by atoms with van der Waals surface area (Å²) < 4.78 is 0. The zero-order valence-electron chi connectivity index (χ0n) is 12.0. The van der Waals surface area contributed by atoms with E-state index >= 15 is 0 Å². The smallest absolute Gasteiger partial charge is 0.224 e. The zero-order chi connectivity index (χ0) is 14.1. The van der Waals surface area contributed by atoms with Crippen molar-refractivity contribution in [2.45, 2.75) is 32.1 Å². The molecule has 0 aromatic heterocycles. The normalized spacial score (nSPS) is 10.3. The molecule has 0 aliphatic heterocycles. The summed E-state index contributed by atoms with van der Waals surface area (Å²) in [5.74, 6) is 0.0867. The number of nitrogens with zero attached hydrogens (tertiary/aromatic N) is 1. The van der Waals surface area contributed by atoms with Crippen LogP contribution in [-0.2, 0) is 4.79 Å². The van der Waals surface area contributed by atoms with E-state index in [0.29, 0.717) is 6.42 Å². The number of anilines is 2. The number of hydrogen-bond acceptors (Lipinski definition) is 3. The van der Waals surface area contributed by atoms with Crippen LogP contribution in [0, 0.1) is 0 Å². The minimum Gasteiger partial charge on any atom is -0.378 e. The molecule has 0 heterocycles. The first-order valence-electron chi connectivity index (χ1n) is 6.91. The van der Waals surface area contributed by atoms with Gasteiger partial charge in [-0.05, 0) is 37.6 Å². The maximum absolute atomic E-state index is 11.8. The van der Waals surface area contributed by atoms with Crippen molar-refractivity contribution in [3.63, 3.8) is 0 Å². The molecule has 0 saturated heterocycles. The van der Waals surface area contributed by atoms with Gasteiger partial charge in [-0.2, -0.15) is 0 Å². The molecule has 0 radical (unpaired) electrons. The fraction of sp³-hybridized carbons (Fsp3) is 0.533. The van der Waals surface area contributed by atoms with Gasteiger partial charge in [0.2, 0.25) is 5.91 Å². The minimum atomic E-state index is 0.0867. The summed E-state index contributed by atoms with van der Waals surface area (Å²) in [6.45, 7) is 0.740. The summed E-state index contributed by atoms with van der Waals surface area (Å²) in [5.41, 5.74) is 7.37. The van der Waals surface area contributed by atoms with Gasteiger partial charge >= 0.3 is 0 Å². The number of nitrogens with one attached hydrogen (secondary N) is 1. The first-order chi connectivity index (χ1) is 9.13. The number of nitrogens with two attached hydrogens (primary N) is 1. The standard InChI is InChI=1S/C15H25N3O/c1-18(2)14-9-7-8-13(12-14)17-15(19)10-5-3-4-6-11-16/h7-9,12H,3-6,10-11,16H2,1-2H3,(H,17,19). The first-order valence-corrected chi connectivity index (χ1v) is 6.91. The van der Waals surface area contributed by atoms with Gasteiger partial charge in [-0.15, -0.1) is 0 Å². The van der Waals surface area contributed by atoms with E-state index in [1.807, 2.05) is 43.3 Å². The summed E-state index contributed by atoms with van der Waals surface area (Å²) in [5, 5.41) is 2.94. The zero-order valence-corrected chi connectivity index (χ0v) is 12.0. The molecule has 0 unspecified atom stereocenters. The van der Waals surface area contributed by atoms with Crippen LogP contribution < -0.4 is 16.0 Å². The van der Waals surface area contributed by atoms with Crippen LogP contribution in [0.25, 0.3) is 0 Å². The third kappa shape index (κ3) is 6.25. The highest BCUT2D eigenvalue weighted by molar-refractivity contribution is 5.91. The lowest BCUT2D eigenvalue weighted by molar-refractivity contribution is -0.116. The van der Waals surface area contributed by atoms with Crippen molar-refractivity contribution in [1.82, 2.24) is 0 Å². The maximum Gasteiger partial charge on any atom is 0.224 e. The van der Waals surface area contributed by atoms with Crippen molar-refractivity contribution >= 4 is 17.3 Å². The monoisotopic (exact) mass is 263 g/mol. The lowest BCUT2D eigenvalue weighted by Crippen LogP contribution is -2.13. The van der Waals surface area contributed by atoms with Crippen LogP contribution in [0.1, 0.15) is 32.1 Å². The quantitative estimate of drug-likeness (QED) is 0.709. The highest BCUT2D eigenvalue weighted by atomic mass is 16.1. The van der Waals surface area contributed by atoms with Gasteiger partial charge in [0, 0.05) is 31.9 Å². The number of benzene rings is 1. The Hall–Kier alpha value is -1.55. The minimum absolute atomic E-state index is 0.0867. The van der Waals surface area contributed by atoms with Gasteiger partial charge < -0.3 is 16.0 Å². The van der Waals surface area contributed by atoms with Crippen LogP contribution in [0.15, 0.2) is 24.3 Å². The Morgan fingerprint density at radius 2 is 1.95 bits per heavy atom. The van der Waals surface area contributed by atoms with E-state index < -0.39 is 0 Å². The second-order valence-electron chi connectivity index (χ2n) is 4.95. The van der Waals surface area contributed by atoms with Crippen molar-refractivity contribution in [3.8, 4) is 0 Å². The summed E-state index contributed by atoms with van der Waals surface area (Å²) in [6, 6.07) is 7.86. The number of unbranched alkanes of at least 4 members (excludes halogenated alkanes) is 3. The van der Waals surface area contributed by atoms with E-state index in [4.69, 9.17) is 5.73 Å². The molecule has 0 atom stereocenters. The average molecular weight is 263 g/mol. The summed E-state index contributed by atoms with van der Waals surface area (Å²) in [7, 11) is 3.97. The molecule has 1 aromatic carbocycles. The Balaban J connectivity index is 2.33. The Bertz CT molecular complexity index is 391. The molecule has 0 aliphatic rings. The highest BCUT2D eigenvalue weighted by Crippen LogP contribution is 2.17.